The SMILES string of the molecule is COc1ccc2cc(C(=O)N3CCN(Cc4nc(N)c5ccccc5n4)CC3)c(C)nc2c1. The highest BCUT2D eigenvalue weighted by atomic mass is 16.5. The second kappa shape index (κ2) is 8.63. The first kappa shape index (κ1) is 21.1. The number of carbonyl (C=O) groups is 1. The summed E-state index contributed by atoms with van der Waals surface area (Å²) in [5, 5.41) is 1.80. The molecule has 5 rings (SSSR count). The number of carbonyl (C=O) groups excluding carboxylic acids is 1. The van der Waals surface area contributed by atoms with Gasteiger partial charge in [0.2, 0.25) is 0 Å². The van der Waals surface area contributed by atoms with Gasteiger partial charge >= 0.3 is 0 Å². The number of methoxy groups -OCH3 is 1. The first-order valence-corrected chi connectivity index (χ1v) is 11.0. The van der Waals surface area contributed by atoms with Crippen molar-refractivity contribution in [3.8, 4) is 5.75 Å². The lowest BCUT2D eigenvalue weighted by molar-refractivity contribution is 0.0624. The summed E-state index contributed by atoms with van der Waals surface area (Å²) in [6.07, 6.45) is 0. The molecule has 2 aromatic heterocycles. The van der Waals surface area contributed by atoms with Crippen LogP contribution in [0, 0.1) is 6.92 Å². The Morgan fingerprint density at radius 2 is 1.79 bits per heavy atom. The number of piperazine rings is 1. The molecule has 1 saturated heterocycles. The van der Waals surface area contributed by atoms with Gasteiger partial charge in [-0.3, -0.25) is 14.7 Å². The highest BCUT2D eigenvalue weighted by molar-refractivity contribution is 5.99. The van der Waals surface area contributed by atoms with E-state index in [1.165, 1.54) is 0 Å². The van der Waals surface area contributed by atoms with Gasteiger partial charge in [0, 0.05) is 43.0 Å². The maximum absolute atomic E-state index is 13.2. The smallest absolute Gasteiger partial charge is 0.255 e. The molecule has 1 fully saturated rings. The van der Waals surface area contributed by atoms with Crippen molar-refractivity contribution in [3.63, 3.8) is 0 Å². The molecule has 4 aromatic rings. The van der Waals surface area contributed by atoms with Crippen molar-refractivity contribution in [2.75, 3.05) is 39.0 Å². The van der Waals surface area contributed by atoms with Crippen LogP contribution < -0.4 is 10.5 Å². The molecule has 0 aliphatic carbocycles. The molecule has 0 bridgehead atoms. The predicted octanol–water partition coefficient (Wildman–Crippen LogP) is 3.04. The zero-order valence-corrected chi connectivity index (χ0v) is 18.8. The molecule has 1 aliphatic rings. The van der Waals surface area contributed by atoms with Gasteiger partial charge in [0.15, 0.2) is 0 Å². The summed E-state index contributed by atoms with van der Waals surface area (Å²) in [6.45, 7) is 5.27. The third kappa shape index (κ3) is 4.17. The van der Waals surface area contributed by atoms with Crippen LogP contribution in [0.1, 0.15) is 21.9 Å². The molecule has 0 saturated carbocycles. The Kier molecular flexibility index (Phi) is 5.51. The molecule has 0 atom stereocenters. The van der Waals surface area contributed by atoms with Gasteiger partial charge in [0.1, 0.15) is 17.4 Å². The van der Waals surface area contributed by atoms with Crippen LogP contribution in [0.4, 0.5) is 5.82 Å². The molecule has 1 amide bonds. The minimum absolute atomic E-state index is 0.0172. The van der Waals surface area contributed by atoms with Gasteiger partial charge in [-0.05, 0) is 37.3 Å². The fourth-order valence-electron chi connectivity index (χ4n) is 4.29. The fraction of sp³-hybridized carbons (Fsp3) is 0.280. The van der Waals surface area contributed by atoms with E-state index in [1.54, 1.807) is 7.11 Å². The second-order valence-corrected chi connectivity index (χ2v) is 8.29. The lowest BCUT2D eigenvalue weighted by Gasteiger charge is -2.34. The molecule has 1 aliphatic heterocycles. The molecule has 3 heterocycles. The van der Waals surface area contributed by atoms with Gasteiger partial charge in [-0.2, -0.15) is 0 Å². The maximum Gasteiger partial charge on any atom is 0.255 e. The molecule has 2 aromatic carbocycles. The molecule has 8 nitrogen and oxygen atoms in total. The standard InChI is InChI=1S/C25H26N6O2/c1-16-20(13-17-7-8-18(33-2)14-22(17)27-16)25(32)31-11-9-30(10-12-31)15-23-28-21-6-4-3-5-19(21)24(26)29-23/h3-8,13-14H,9-12,15H2,1-2H3,(H2,26,28,29). The number of anilines is 1. The Labute approximate surface area is 192 Å². The van der Waals surface area contributed by atoms with Gasteiger partial charge in [-0.25, -0.2) is 9.97 Å². The van der Waals surface area contributed by atoms with E-state index in [-0.39, 0.29) is 5.91 Å². The molecule has 2 N–H and O–H groups in total. The van der Waals surface area contributed by atoms with Crippen LogP contribution in [0.3, 0.4) is 0 Å². The monoisotopic (exact) mass is 442 g/mol. The highest BCUT2D eigenvalue weighted by Gasteiger charge is 2.24. The lowest BCUT2D eigenvalue weighted by Crippen LogP contribution is -2.48. The summed E-state index contributed by atoms with van der Waals surface area (Å²) < 4.78 is 5.28. The zero-order valence-electron chi connectivity index (χ0n) is 18.8. The van der Waals surface area contributed by atoms with Gasteiger partial charge in [-0.15, -0.1) is 0 Å². The Hall–Kier alpha value is -3.78. The number of nitrogens with two attached hydrogens (primary N) is 1. The van der Waals surface area contributed by atoms with Crippen LogP contribution in [-0.2, 0) is 6.54 Å². The van der Waals surface area contributed by atoms with E-state index in [0.717, 1.165) is 46.3 Å². The number of hydrogen-bond acceptors (Lipinski definition) is 7. The largest absolute Gasteiger partial charge is 0.497 e. The molecule has 0 spiro atoms. The minimum Gasteiger partial charge on any atom is -0.497 e. The normalized spacial score (nSPS) is 14.7. The average molecular weight is 443 g/mol. The molecule has 0 radical (unpaired) electrons. The van der Waals surface area contributed by atoms with Crippen molar-refractivity contribution in [1.29, 1.82) is 0 Å². The van der Waals surface area contributed by atoms with E-state index in [4.69, 9.17) is 10.5 Å². The molecule has 8 heteroatoms. The fourth-order valence-corrected chi connectivity index (χ4v) is 4.29. The van der Waals surface area contributed by atoms with E-state index in [1.807, 2.05) is 60.4 Å². The molecular formula is C25H26N6O2. The van der Waals surface area contributed by atoms with Crippen LogP contribution in [0.25, 0.3) is 21.8 Å². The number of ether oxygens (including phenoxy) is 1. The zero-order chi connectivity index (χ0) is 22.9. The average Bonchev–Trinajstić information content (AvgIpc) is 2.83. The third-order valence-corrected chi connectivity index (χ3v) is 6.15. The number of pyridine rings is 1. The number of aryl methyl sites for hydroxylation is 1. The van der Waals surface area contributed by atoms with E-state index in [9.17, 15) is 4.79 Å². The number of nitrogen functional groups attached to an aromatic ring is 1. The minimum atomic E-state index is 0.0172. The first-order chi connectivity index (χ1) is 16.0. The van der Waals surface area contributed by atoms with E-state index in [2.05, 4.69) is 19.9 Å². The molecule has 0 unspecified atom stereocenters. The maximum atomic E-state index is 13.2. The number of nitrogens with zero attached hydrogens (tertiary/aromatic N) is 5. The summed E-state index contributed by atoms with van der Waals surface area (Å²) in [7, 11) is 1.63. The van der Waals surface area contributed by atoms with E-state index in [0.29, 0.717) is 36.8 Å². The Bertz CT molecular complexity index is 1350. The van der Waals surface area contributed by atoms with Crippen LogP contribution in [-0.4, -0.2) is 63.9 Å². The van der Waals surface area contributed by atoms with Crippen molar-refractivity contribution >= 4 is 33.5 Å². The number of para-hydroxylation sites is 1. The van der Waals surface area contributed by atoms with Crippen LogP contribution in [0.15, 0.2) is 48.5 Å². The van der Waals surface area contributed by atoms with Gasteiger partial charge in [0.25, 0.3) is 5.91 Å². The summed E-state index contributed by atoms with van der Waals surface area (Å²) >= 11 is 0. The van der Waals surface area contributed by atoms with Gasteiger partial charge in [0.05, 0.1) is 35.9 Å². The number of rotatable bonds is 4. The summed E-state index contributed by atoms with van der Waals surface area (Å²) in [5.41, 5.74) is 9.17. The predicted molar refractivity (Wildman–Crippen MR) is 128 cm³/mol. The topological polar surface area (TPSA) is 97.5 Å². The van der Waals surface area contributed by atoms with E-state index >= 15 is 0 Å². The Morgan fingerprint density at radius 3 is 2.58 bits per heavy atom. The van der Waals surface area contributed by atoms with Crippen LogP contribution >= 0.6 is 0 Å². The number of aromatic nitrogens is 3. The first-order valence-electron chi connectivity index (χ1n) is 11.0. The number of benzene rings is 2. The number of hydrogen-bond donors (Lipinski definition) is 1. The highest BCUT2D eigenvalue weighted by Crippen LogP contribution is 2.23. The summed E-state index contributed by atoms with van der Waals surface area (Å²) in [4.78, 5) is 31.2. The van der Waals surface area contributed by atoms with Crippen molar-refractivity contribution in [1.82, 2.24) is 24.8 Å². The van der Waals surface area contributed by atoms with Gasteiger partial charge in [-0.1, -0.05) is 12.1 Å². The Balaban J connectivity index is 1.27. The van der Waals surface area contributed by atoms with Crippen molar-refractivity contribution in [3.05, 3.63) is 65.6 Å². The second-order valence-electron chi connectivity index (χ2n) is 8.29. The van der Waals surface area contributed by atoms with Gasteiger partial charge < -0.3 is 15.4 Å². The van der Waals surface area contributed by atoms with E-state index < -0.39 is 0 Å². The quantitative estimate of drug-likeness (QED) is 0.519. The molecule has 168 valence electrons. The molecular weight excluding hydrogens is 416 g/mol. The number of amides is 1. The van der Waals surface area contributed by atoms with Crippen molar-refractivity contribution in [2.45, 2.75) is 13.5 Å². The van der Waals surface area contributed by atoms with Crippen LogP contribution in [0.2, 0.25) is 0 Å². The third-order valence-electron chi connectivity index (χ3n) is 6.15. The van der Waals surface area contributed by atoms with Crippen molar-refractivity contribution in [2.24, 2.45) is 0 Å². The summed E-state index contributed by atoms with van der Waals surface area (Å²) in [5.74, 6) is 1.97. The number of fused-ring (bicyclic) bond motifs is 2. The molecule has 33 heavy (non-hydrogen) atoms. The Morgan fingerprint density at radius 1 is 1.00 bits per heavy atom. The van der Waals surface area contributed by atoms with Crippen molar-refractivity contribution < 1.29 is 9.53 Å². The summed E-state index contributed by atoms with van der Waals surface area (Å²) in [6, 6.07) is 15.4. The lowest BCUT2D eigenvalue weighted by atomic mass is 10.1. The van der Waals surface area contributed by atoms with Crippen LogP contribution in [0.5, 0.6) is 5.75 Å².